The molecule has 0 spiro atoms. The third-order valence-electron chi connectivity index (χ3n) is 3.37. The molecule has 0 aromatic heterocycles. The lowest BCUT2D eigenvalue weighted by Gasteiger charge is -2.23. The molecule has 17 heavy (non-hydrogen) atoms. The Morgan fingerprint density at radius 2 is 1.88 bits per heavy atom. The van der Waals surface area contributed by atoms with E-state index in [1.54, 1.807) is 0 Å². The second-order valence-electron chi connectivity index (χ2n) is 4.59. The van der Waals surface area contributed by atoms with Crippen LogP contribution in [-0.2, 0) is 0 Å². The standard InChI is InChI=1S/C16H21N/c1-2-16(17-13-6-7-14-17)12-8-11-15-9-4-3-5-10-15/h2-5,8-11,16H,1,6-7,12-14H2/b11-8+. The summed E-state index contributed by atoms with van der Waals surface area (Å²) in [6.07, 6.45) is 10.3. The third-order valence-corrected chi connectivity index (χ3v) is 3.37. The highest BCUT2D eigenvalue weighted by molar-refractivity contribution is 5.48. The lowest BCUT2D eigenvalue weighted by molar-refractivity contribution is 0.286. The minimum atomic E-state index is 0.512. The van der Waals surface area contributed by atoms with E-state index in [-0.39, 0.29) is 0 Å². The average molecular weight is 227 g/mol. The predicted octanol–water partition coefficient (Wildman–Crippen LogP) is 3.74. The van der Waals surface area contributed by atoms with Crippen LogP contribution in [0.25, 0.3) is 6.08 Å². The molecule has 90 valence electrons. The molecule has 1 aromatic rings. The van der Waals surface area contributed by atoms with E-state index >= 15 is 0 Å². The van der Waals surface area contributed by atoms with Crippen LogP contribution in [0.3, 0.4) is 0 Å². The van der Waals surface area contributed by atoms with Crippen LogP contribution in [0.5, 0.6) is 0 Å². The summed E-state index contributed by atoms with van der Waals surface area (Å²) in [6, 6.07) is 11.0. The van der Waals surface area contributed by atoms with Crippen molar-refractivity contribution in [3.63, 3.8) is 0 Å². The van der Waals surface area contributed by atoms with Gasteiger partial charge in [0.2, 0.25) is 0 Å². The number of nitrogens with zero attached hydrogens (tertiary/aromatic N) is 1. The van der Waals surface area contributed by atoms with Gasteiger partial charge in [0.05, 0.1) is 0 Å². The average Bonchev–Trinajstić information content (AvgIpc) is 2.90. The molecule has 0 radical (unpaired) electrons. The van der Waals surface area contributed by atoms with Crippen LogP contribution >= 0.6 is 0 Å². The zero-order chi connectivity index (χ0) is 11.9. The topological polar surface area (TPSA) is 3.24 Å². The van der Waals surface area contributed by atoms with E-state index in [1.165, 1.54) is 31.5 Å². The molecule has 0 bridgehead atoms. The maximum atomic E-state index is 3.96. The Labute approximate surface area is 104 Å². The van der Waals surface area contributed by atoms with E-state index in [2.05, 4.69) is 54.0 Å². The van der Waals surface area contributed by atoms with Crippen molar-refractivity contribution in [2.45, 2.75) is 25.3 Å². The Balaban J connectivity index is 1.87. The van der Waals surface area contributed by atoms with Gasteiger partial charge in [-0.3, -0.25) is 4.90 Å². The zero-order valence-electron chi connectivity index (χ0n) is 10.4. The lowest BCUT2D eigenvalue weighted by atomic mass is 10.1. The molecule has 1 nitrogen and oxygen atoms in total. The number of hydrogen-bond donors (Lipinski definition) is 0. The van der Waals surface area contributed by atoms with Gasteiger partial charge in [-0.25, -0.2) is 0 Å². The Hall–Kier alpha value is -1.34. The summed E-state index contributed by atoms with van der Waals surface area (Å²) in [4.78, 5) is 2.53. The molecule has 0 aliphatic carbocycles. The summed E-state index contributed by atoms with van der Waals surface area (Å²) in [5.74, 6) is 0. The van der Waals surface area contributed by atoms with Crippen LogP contribution in [0.15, 0.2) is 49.1 Å². The van der Waals surface area contributed by atoms with Gasteiger partial charge in [0.1, 0.15) is 0 Å². The molecular weight excluding hydrogens is 206 g/mol. The molecule has 1 atom stereocenters. The Morgan fingerprint density at radius 1 is 1.18 bits per heavy atom. The molecule has 1 fully saturated rings. The summed E-state index contributed by atoms with van der Waals surface area (Å²) in [5, 5.41) is 0. The zero-order valence-corrected chi connectivity index (χ0v) is 10.4. The van der Waals surface area contributed by atoms with E-state index in [1.807, 2.05) is 6.07 Å². The molecule has 1 aliphatic rings. The molecule has 1 saturated heterocycles. The van der Waals surface area contributed by atoms with Crippen molar-refractivity contribution < 1.29 is 0 Å². The van der Waals surface area contributed by atoms with Gasteiger partial charge < -0.3 is 0 Å². The molecule has 0 amide bonds. The van der Waals surface area contributed by atoms with Crippen molar-refractivity contribution in [1.82, 2.24) is 4.90 Å². The van der Waals surface area contributed by atoms with E-state index in [0.29, 0.717) is 6.04 Å². The van der Waals surface area contributed by atoms with E-state index in [9.17, 15) is 0 Å². The fraction of sp³-hybridized carbons (Fsp3) is 0.375. The van der Waals surface area contributed by atoms with Gasteiger partial charge in [0.25, 0.3) is 0 Å². The van der Waals surface area contributed by atoms with Crippen molar-refractivity contribution in [3.8, 4) is 0 Å². The highest BCUT2D eigenvalue weighted by Crippen LogP contribution is 2.15. The molecule has 1 heterocycles. The van der Waals surface area contributed by atoms with Gasteiger partial charge in [-0.2, -0.15) is 0 Å². The second-order valence-corrected chi connectivity index (χ2v) is 4.59. The fourth-order valence-electron chi connectivity index (χ4n) is 2.38. The van der Waals surface area contributed by atoms with Gasteiger partial charge in [0, 0.05) is 6.04 Å². The number of hydrogen-bond acceptors (Lipinski definition) is 1. The van der Waals surface area contributed by atoms with Crippen molar-refractivity contribution in [1.29, 1.82) is 0 Å². The number of likely N-dealkylation sites (tertiary alicyclic amines) is 1. The maximum absolute atomic E-state index is 3.96. The van der Waals surface area contributed by atoms with Crippen LogP contribution < -0.4 is 0 Å². The molecule has 0 N–H and O–H groups in total. The predicted molar refractivity (Wildman–Crippen MR) is 74.9 cm³/mol. The molecule has 1 aliphatic heterocycles. The minimum absolute atomic E-state index is 0.512. The summed E-state index contributed by atoms with van der Waals surface area (Å²) < 4.78 is 0. The number of benzene rings is 1. The van der Waals surface area contributed by atoms with Crippen LogP contribution in [0, 0.1) is 0 Å². The molecule has 0 saturated carbocycles. The first-order chi connectivity index (χ1) is 8.40. The maximum Gasteiger partial charge on any atom is 0.0310 e. The quantitative estimate of drug-likeness (QED) is 0.693. The summed E-state index contributed by atoms with van der Waals surface area (Å²) in [5.41, 5.74) is 1.27. The molecule has 1 aromatic carbocycles. The Bertz CT molecular complexity index is 360. The summed E-state index contributed by atoms with van der Waals surface area (Å²) in [6.45, 7) is 6.42. The van der Waals surface area contributed by atoms with Gasteiger partial charge >= 0.3 is 0 Å². The first kappa shape index (κ1) is 12.1. The Morgan fingerprint density at radius 3 is 2.53 bits per heavy atom. The second kappa shape index (κ2) is 6.41. The van der Waals surface area contributed by atoms with Crippen molar-refractivity contribution in [2.75, 3.05) is 13.1 Å². The molecular formula is C16H21N. The van der Waals surface area contributed by atoms with Crippen LogP contribution in [0.2, 0.25) is 0 Å². The van der Waals surface area contributed by atoms with Crippen LogP contribution in [0.4, 0.5) is 0 Å². The SMILES string of the molecule is C=CC(C/C=C/c1ccccc1)N1CCCC1. The highest BCUT2D eigenvalue weighted by atomic mass is 15.2. The van der Waals surface area contributed by atoms with E-state index in [0.717, 1.165) is 6.42 Å². The third kappa shape index (κ3) is 3.57. The van der Waals surface area contributed by atoms with Gasteiger partial charge in [-0.1, -0.05) is 48.6 Å². The first-order valence-electron chi connectivity index (χ1n) is 6.48. The first-order valence-corrected chi connectivity index (χ1v) is 6.48. The normalized spacial score (nSPS) is 18.6. The van der Waals surface area contributed by atoms with Crippen LogP contribution in [-0.4, -0.2) is 24.0 Å². The van der Waals surface area contributed by atoms with Crippen molar-refractivity contribution in [2.24, 2.45) is 0 Å². The lowest BCUT2D eigenvalue weighted by Crippen LogP contribution is -2.30. The van der Waals surface area contributed by atoms with Gasteiger partial charge in [-0.05, 0) is 37.9 Å². The van der Waals surface area contributed by atoms with E-state index in [4.69, 9.17) is 0 Å². The van der Waals surface area contributed by atoms with Crippen molar-refractivity contribution in [3.05, 3.63) is 54.6 Å². The summed E-state index contributed by atoms with van der Waals surface area (Å²) in [7, 11) is 0. The molecule has 1 heteroatoms. The van der Waals surface area contributed by atoms with Gasteiger partial charge in [0.15, 0.2) is 0 Å². The van der Waals surface area contributed by atoms with Crippen molar-refractivity contribution >= 4 is 6.08 Å². The fourth-order valence-corrected chi connectivity index (χ4v) is 2.38. The monoisotopic (exact) mass is 227 g/mol. The number of rotatable bonds is 5. The largest absolute Gasteiger partial charge is 0.297 e. The Kier molecular flexibility index (Phi) is 4.57. The highest BCUT2D eigenvalue weighted by Gasteiger charge is 2.17. The van der Waals surface area contributed by atoms with E-state index < -0.39 is 0 Å². The molecule has 2 rings (SSSR count). The van der Waals surface area contributed by atoms with Crippen LogP contribution in [0.1, 0.15) is 24.8 Å². The smallest absolute Gasteiger partial charge is 0.0310 e. The molecule has 1 unspecified atom stereocenters. The minimum Gasteiger partial charge on any atom is -0.297 e. The van der Waals surface area contributed by atoms with Gasteiger partial charge in [-0.15, -0.1) is 6.58 Å². The summed E-state index contributed by atoms with van der Waals surface area (Å²) >= 11 is 0.